The Morgan fingerprint density at radius 3 is 2.32 bits per heavy atom. The fourth-order valence-electron chi connectivity index (χ4n) is 4.10. The van der Waals surface area contributed by atoms with Crippen LogP contribution in [0.15, 0.2) is 45.6 Å². The van der Waals surface area contributed by atoms with E-state index in [1.807, 2.05) is 26.0 Å². The monoisotopic (exact) mass is 380 g/mol. The molecule has 0 radical (unpaired) electrons. The van der Waals surface area contributed by atoms with Crippen LogP contribution in [0.25, 0.3) is 11.0 Å². The summed E-state index contributed by atoms with van der Waals surface area (Å²) < 4.78 is 18.7. The minimum absolute atomic E-state index is 0.210. The number of nitrogens with zero attached hydrogens (tertiary/aromatic N) is 2. The standard InChI is InChI=1S/C23H25FN2O2/c1-15-12-16(2)22-18(13-21(27)28-23(22)17(15)3)14-25-8-10-26(11-9-25)20-6-4-19(24)5-7-20/h4-7,12-13H,8-11,14H2,1-3H3. The molecule has 28 heavy (non-hydrogen) atoms. The largest absolute Gasteiger partial charge is 0.422 e. The van der Waals surface area contributed by atoms with Gasteiger partial charge in [0.05, 0.1) is 0 Å². The van der Waals surface area contributed by atoms with Crippen molar-refractivity contribution in [1.82, 2.24) is 4.90 Å². The number of fused-ring (bicyclic) bond motifs is 1. The first-order chi connectivity index (χ1) is 13.4. The van der Waals surface area contributed by atoms with Crippen molar-refractivity contribution in [3.05, 3.63) is 74.9 Å². The molecule has 0 bridgehead atoms. The lowest BCUT2D eigenvalue weighted by Gasteiger charge is -2.36. The number of hydrogen-bond acceptors (Lipinski definition) is 4. The lowest BCUT2D eigenvalue weighted by atomic mass is 9.98. The molecule has 4 nitrogen and oxygen atoms in total. The Morgan fingerprint density at radius 1 is 0.964 bits per heavy atom. The zero-order chi connectivity index (χ0) is 19.8. The van der Waals surface area contributed by atoms with E-state index >= 15 is 0 Å². The molecule has 0 N–H and O–H groups in total. The fraction of sp³-hybridized carbons (Fsp3) is 0.348. The van der Waals surface area contributed by atoms with E-state index in [4.69, 9.17) is 4.42 Å². The van der Waals surface area contributed by atoms with Crippen LogP contribution in [-0.4, -0.2) is 31.1 Å². The Morgan fingerprint density at radius 2 is 1.64 bits per heavy atom. The quantitative estimate of drug-likeness (QED) is 0.639. The normalized spacial score (nSPS) is 15.4. The van der Waals surface area contributed by atoms with Crippen LogP contribution < -0.4 is 10.5 Å². The number of anilines is 1. The van der Waals surface area contributed by atoms with Crippen molar-refractivity contribution in [3.63, 3.8) is 0 Å². The van der Waals surface area contributed by atoms with E-state index in [0.717, 1.165) is 66.1 Å². The van der Waals surface area contributed by atoms with Gasteiger partial charge in [-0.1, -0.05) is 6.07 Å². The van der Waals surface area contributed by atoms with Gasteiger partial charge in [0.2, 0.25) is 0 Å². The highest BCUT2D eigenvalue weighted by Crippen LogP contribution is 2.28. The summed E-state index contributed by atoms with van der Waals surface area (Å²) in [6, 6.07) is 10.5. The van der Waals surface area contributed by atoms with Gasteiger partial charge in [-0.25, -0.2) is 9.18 Å². The highest BCUT2D eigenvalue weighted by Gasteiger charge is 2.20. The molecular weight excluding hydrogens is 355 g/mol. The van der Waals surface area contributed by atoms with Crippen LogP contribution in [-0.2, 0) is 6.54 Å². The Labute approximate surface area is 164 Å². The van der Waals surface area contributed by atoms with E-state index in [2.05, 4.69) is 22.8 Å². The number of aryl methyl sites for hydroxylation is 3. The first kappa shape index (κ1) is 18.7. The smallest absolute Gasteiger partial charge is 0.336 e. The summed E-state index contributed by atoms with van der Waals surface area (Å²) in [7, 11) is 0. The maximum absolute atomic E-state index is 13.1. The molecule has 0 saturated carbocycles. The Bertz CT molecular complexity index is 1060. The molecule has 1 fully saturated rings. The van der Waals surface area contributed by atoms with E-state index < -0.39 is 0 Å². The van der Waals surface area contributed by atoms with Crippen LogP contribution >= 0.6 is 0 Å². The molecule has 1 saturated heterocycles. The minimum Gasteiger partial charge on any atom is -0.422 e. The zero-order valence-corrected chi connectivity index (χ0v) is 16.6. The number of hydrogen-bond donors (Lipinski definition) is 0. The molecule has 146 valence electrons. The van der Waals surface area contributed by atoms with E-state index in [-0.39, 0.29) is 11.4 Å². The van der Waals surface area contributed by atoms with Gasteiger partial charge in [0.15, 0.2) is 0 Å². The molecule has 0 atom stereocenters. The molecule has 0 unspecified atom stereocenters. The molecule has 1 aliphatic rings. The third-order valence-electron chi connectivity index (χ3n) is 5.76. The topological polar surface area (TPSA) is 36.7 Å². The molecule has 2 aromatic carbocycles. The average molecular weight is 380 g/mol. The Hall–Kier alpha value is -2.66. The molecule has 5 heteroatoms. The van der Waals surface area contributed by atoms with Crippen LogP contribution in [0.1, 0.15) is 22.3 Å². The van der Waals surface area contributed by atoms with Crippen LogP contribution in [0.5, 0.6) is 0 Å². The predicted octanol–water partition coefficient (Wildman–Crippen LogP) is 4.18. The van der Waals surface area contributed by atoms with Gasteiger partial charge in [-0.05, 0) is 67.3 Å². The first-order valence-electron chi connectivity index (χ1n) is 9.69. The highest BCUT2D eigenvalue weighted by atomic mass is 19.1. The van der Waals surface area contributed by atoms with E-state index in [9.17, 15) is 9.18 Å². The Balaban J connectivity index is 1.56. The molecule has 3 aromatic rings. The molecule has 1 aliphatic heterocycles. The second-order valence-electron chi connectivity index (χ2n) is 7.67. The van der Waals surface area contributed by atoms with Crippen molar-refractivity contribution < 1.29 is 8.81 Å². The van der Waals surface area contributed by atoms with Crippen molar-refractivity contribution >= 4 is 16.7 Å². The average Bonchev–Trinajstić information content (AvgIpc) is 2.67. The van der Waals surface area contributed by atoms with Crippen molar-refractivity contribution in [2.24, 2.45) is 0 Å². The van der Waals surface area contributed by atoms with Gasteiger partial charge < -0.3 is 9.32 Å². The molecular formula is C23H25FN2O2. The van der Waals surface area contributed by atoms with Gasteiger partial charge in [-0.3, -0.25) is 4.90 Å². The molecule has 4 rings (SSSR count). The molecule has 2 heterocycles. The Kier molecular flexibility index (Phi) is 4.94. The third-order valence-corrected chi connectivity index (χ3v) is 5.76. The van der Waals surface area contributed by atoms with Gasteiger partial charge >= 0.3 is 5.63 Å². The molecule has 0 aliphatic carbocycles. The zero-order valence-electron chi connectivity index (χ0n) is 16.6. The van der Waals surface area contributed by atoms with Crippen molar-refractivity contribution in [1.29, 1.82) is 0 Å². The van der Waals surface area contributed by atoms with Crippen LogP contribution in [0.2, 0.25) is 0 Å². The number of benzene rings is 2. The number of halogens is 1. The summed E-state index contributed by atoms with van der Waals surface area (Å²) in [4.78, 5) is 16.8. The second-order valence-corrected chi connectivity index (χ2v) is 7.67. The molecule has 0 amide bonds. The maximum Gasteiger partial charge on any atom is 0.336 e. The van der Waals surface area contributed by atoms with Crippen molar-refractivity contribution in [2.75, 3.05) is 31.1 Å². The van der Waals surface area contributed by atoms with Crippen LogP contribution in [0.3, 0.4) is 0 Å². The maximum atomic E-state index is 13.1. The van der Waals surface area contributed by atoms with Crippen molar-refractivity contribution in [3.8, 4) is 0 Å². The second kappa shape index (κ2) is 7.40. The van der Waals surface area contributed by atoms with Crippen LogP contribution in [0, 0.1) is 26.6 Å². The van der Waals surface area contributed by atoms with Crippen LogP contribution in [0.4, 0.5) is 10.1 Å². The lowest BCUT2D eigenvalue weighted by Crippen LogP contribution is -2.46. The van der Waals surface area contributed by atoms with Gasteiger partial charge in [0.25, 0.3) is 0 Å². The summed E-state index contributed by atoms with van der Waals surface area (Å²) in [5.41, 5.74) is 5.81. The fourth-order valence-corrected chi connectivity index (χ4v) is 4.10. The van der Waals surface area contributed by atoms with E-state index in [1.165, 1.54) is 12.1 Å². The van der Waals surface area contributed by atoms with Crippen molar-refractivity contribution in [2.45, 2.75) is 27.3 Å². The van der Waals surface area contributed by atoms with Gasteiger partial charge in [-0.15, -0.1) is 0 Å². The summed E-state index contributed by atoms with van der Waals surface area (Å²) in [6.45, 7) is 10.4. The predicted molar refractivity (Wildman–Crippen MR) is 111 cm³/mol. The SMILES string of the molecule is Cc1cc(C)c2c(CN3CCN(c4ccc(F)cc4)CC3)cc(=O)oc2c1C. The number of piperazine rings is 1. The number of rotatable bonds is 3. The molecule has 0 spiro atoms. The molecule has 1 aromatic heterocycles. The summed E-state index contributed by atoms with van der Waals surface area (Å²) >= 11 is 0. The van der Waals surface area contributed by atoms with E-state index in [1.54, 1.807) is 6.07 Å². The summed E-state index contributed by atoms with van der Waals surface area (Å²) in [5.74, 6) is -0.210. The van der Waals surface area contributed by atoms with Gasteiger partial charge in [-0.2, -0.15) is 0 Å². The van der Waals surface area contributed by atoms with Gasteiger partial charge in [0.1, 0.15) is 11.4 Å². The summed E-state index contributed by atoms with van der Waals surface area (Å²) in [5, 5.41) is 1.06. The van der Waals surface area contributed by atoms with Gasteiger partial charge in [0, 0.05) is 49.9 Å². The minimum atomic E-state index is -0.291. The highest BCUT2D eigenvalue weighted by molar-refractivity contribution is 5.87. The lowest BCUT2D eigenvalue weighted by molar-refractivity contribution is 0.250. The summed E-state index contributed by atoms with van der Waals surface area (Å²) in [6.07, 6.45) is 0. The third kappa shape index (κ3) is 3.54. The van der Waals surface area contributed by atoms with E-state index in [0.29, 0.717) is 5.58 Å². The first-order valence-corrected chi connectivity index (χ1v) is 9.69.